The van der Waals surface area contributed by atoms with E-state index in [1.54, 1.807) is 29.2 Å². The van der Waals surface area contributed by atoms with E-state index >= 15 is 0 Å². The molecule has 0 unspecified atom stereocenters. The Morgan fingerprint density at radius 3 is 2.47 bits per heavy atom. The number of fused-ring (bicyclic) bond motifs is 2. The van der Waals surface area contributed by atoms with Crippen molar-refractivity contribution in [1.29, 1.82) is 0 Å². The average molecular weight is 444 g/mol. The van der Waals surface area contributed by atoms with Gasteiger partial charge in [0, 0.05) is 45.5 Å². The summed E-state index contributed by atoms with van der Waals surface area (Å²) in [6.45, 7) is 2.01. The van der Waals surface area contributed by atoms with Gasteiger partial charge in [-0.1, -0.05) is 48.0 Å². The van der Waals surface area contributed by atoms with Crippen molar-refractivity contribution >= 4 is 40.0 Å². The first-order chi connectivity index (χ1) is 15.5. The van der Waals surface area contributed by atoms with Crippen LogP contribution in [0.5, 0.6) is 0 Å². The maximum absolute atomic E-state index is 13.4. The zero-order valence-electron chi connectivity index (χ0n) is 17.8. The zero-order valence-corrected chi connectivity index (χ0v) is 18.6. The molecule has 1 aromatic heterocycles. The Bertz CT molecular complexity index is 1360. The van der Waals surface area contributed by atoms with Gasteiger partial charge in [0.1, 0.15) is 6.54 Å². The SMILES string of the molecule is Cc1c([C@H]2c3ccccc3C(=O)N2CC(=O)Nc2ccc(Cl)cc2)c2ccccc2n1C. The summed E-state index contributed by atoms with van der Waals surface area (Å²) < 4.78 is 2.14. The van der Waals surface area contributed by atoms with Gasteiger partial charge in [0.25, 0.3) is 5.91 Å². The molecule has 0 radical (unpaired) electrons. The van der Waals surface area contributed by atoms with Gasteiger partial charge in [-0.15, -0.1) is 0 Å². The molecule has 1 aliphatic heterocycles. The first-order valence-corrected chi connectivity index (χ1v) is 10.8. The summed E-state index contributed by atoms with van der Waals surface area (Å²) in [6, 6.07) is 22.4. The summed E-state index contributed by atoms with van der Waals surface area (Å²) in [5.74, 6) is -0.388. The van der Waals surface area contributed by atoms with E-state index in [0.717, 1.165) is 27.7 Å². The number of carbonyl (C=O) groups excluding carboxylic acids is 2. The van der Waals surface area contributed by atoms with Crippen LogP contribution in [0.3, 0.4) is 0 Å². The van der Waals surface area contributed by atoms with Crippen LogP contribution in [-0.4, -0.2) is 27.8 Å². The standard InChI is InChI=1S/C26H22ClN3O2/c1-16-24(21-9-5-6-10-22(21)29(16)2)25-19-7-3-4-8-20(19)26(32)30(25)15-23(31)28-18-13-11-17(27)12-14-18/h3-14,25H,15H2,1-2H3,(H,28,31)/t25-/m1/s1. The lowest BCUT2D eigenvalue weighted by molar-refractivity contribution is -0.117. The van der Waals surface area contributed by atoms with Crippen molar-refractivity contribution in [2.45, 2.75) is 13.0 Å². The van der Waals surface area contributed by atoms with Crippen molar-refractivity contribution in [3.63, 3.8) is 0 Å². The number of hydrogen-bond donors (Lipinski definition) is 1. The van der Waals surface area contributed by atoms with Crippen LogP contribution in [0.4, 0.5) is 5.69 Å². The van der Waals surface area contributed by atoms with Gasteiger partial charge in [-0.3, -0.25) is 9.59 Å². The van der Waals surface area contributed by atoms with Crippen LogP contribution in [0.1, 0.15) is 33.2 Å². The number of aryl methyl sites for hydroxylation is 1. The highest BCUT2D eigenvalue weighted by molar-refractivity contribution is 6.30. The van der Waals surface area contributed by atoms with Crippen LogP contribution in [0.25, 0.3) is 10.9 Å². The molecule has 2 amide bonds. The molecule has 5 nitrogen and oxygen atoms in total. The normalized spacial score (nSPS) is 15.3. The van der Waals surface area contributed by atoms with Crippen LogP contribution >= 0.6 is 11.6 Å². The second-order valence-corrected chi connectivity index (χ2v) is 8.49. The zero-order chi connectivity index (χ0) is 22.4. The van der Waals surface area contributed by atoms with Crippen molar-refractivity contribution in [1.82, 2.24) is 9.47 Å². The molecule has 0 saturated carbocycles. The number of anilines is 1. The minimum Gasteiger partial charge on any atom is -0.348 e. The minimum absolute atomic E-state index is 0.0521. The van der Waals surface area contributed by atoms with E-state index in [1.165, 1.54) is 0 Å². The lowest BCUT2D eigenvalue weighted by Gasteiger charge is -2.26. The number of para-hydroxylation sites is 1. The molecule has 3 aromatic carbocycles. The van der Waals surface area contributed by atoms with E-state index in [1.807, 2.05) is 43.4 Å². The molecule has 0 aliphatic carbocycles. The van der Waals surface area contributed by atoms with Crippen LogP contribution in [-0.2, 0) is 11.8 Å². The number of hydrogen-bond acceptors (Lipinski definition) is 2. The molecular formula is C26H22ClN3O2. The van der Waals surface area contributed by atoms with Gasteiger partial charge in [-0.2, -0.15) is 0 Å². The number of carbonyl (C=O) groups is 2. The molecule has 1 atom stereocenters. The molecule has 5 rings (SSSR count). The van der Waals surface area contributed by atoms with Gasteiger partial charge in [0.2, 0.25) is 5.91 Å². The maximum Gasteiger partial charge on any atom is 0.255 e. The van der Waals surface area contributed by atoms with E-state index in [2.05, 4.69) is 28.9 Å². The summed E-state index contributed by atoms with van der Waals surface area (Å²) in [4.78, 5) is 28.0. The number of benzene rings is 3. The maximum atomic E-state index is 13.4. The fraction of sp³-hybridized carbons (Fsp3) is 0.154. The monoisotopic (exact) mass is 443 g/mol. The van der Waals surface area contributed by atoms with E-state index in [4.69, 9.17) is 11.6 Å². The molecule has 2 heterocycles. The summed E-state index contributed by atoms with van der Waals surface area (Å²) in [5.41, 5.74) is 5.44. The largest absolute Gasteiger partial charge is 0.348 e. The highest BCUT2D eigenvalue weighted by Crippen LogP contribution is 2.43. The fourth-order valence-electron chi connectivity index (χ4n) is 4.63. The molecule has 0 bridgehead atoms. The topological polar surface area (TPSA) is 54.3 Å². The van der Waals surface area contributed by atoms with Gasteiger partial charge >= 0.3 is 0 Å². The first-order valence-electron chi connectivity index (χ1n) is 10.4. The Kier molecular flexibility index (Phi) is 4.98. The molecule has 0 saturated heterocycles. The predicted molar refractivity (Wildman–Crippen MR) is 127 cm³/mol. The number of amides is 2. The van der Waals surface area contributed by atoms with Crippen LogP contribution in [0, 0.1) is 6.92 Å². The molecule has 32 heavy (non-hydrogen) atoms. The predicted octanol–water partition coefficient (Wildman–Crippen LogP) is 5.32. The second kappa shape index (κ2) is 7.84. The van der Waals surface area contributed by atoms with Crippen LogP contribution in [0.15, 0.2) is 72.8 Å². The minimum atomic E-state index is -0.333. The van der Waals surface area contributed by atoms with Crippen molar-refractivity contribution < 1.29 is 9.59 Å². The molecule has 160 valence electrons. The van der Waals surface area contributed by atoms with E-state index in [-0.39, 0.29) is 24.4 Å². The Morgan fingerprint density at radius 1 is 1.00 bits per heavy atom. The first kappa shape index (κ1) is 20.3. The molecule has 6 heteroatoms. The highest BCUT2D eigenvalue weighted by atomic mass is 35.5. The van der Waals surface area contributed by atoms with Gasteiger partial charge in [-0.25, -0.2) is 0 Å². The third kappa shape index (κ3) is 3.26. The van der Waals surface area contributed by atoms with Crippen molar-refractivity contribution in [2.75, 3.05) is 11.9 Å². The Hall–Kier alpha value is -3.57. The third-order valence-electron chi connectivity index (χ3n) is 6.22. The van der Waals surface area contributed by atoms with Gasteiger partial charge in [0.15, 0.2) is 0 Å². The van der Waals surface area contributed by atoms with Crippen LogP contribution in [0.2, 0.25) is 5.02 Å². The van der Waals surface area contributed by atoms with Gasteiger partial charge in [0.05, 0.1) is 6.04 Å². The second-order valence-electron chi connectivity index (χ2n) is 8.05. The molecule has 4 aromatic rings. The summed E-state index contributed by atoms with van der Waals surface area (Å²) in [7, 11) is 2.03. The molecule has 0 fully saturated rings. The lowest BCUT2D eigenvalue weighted by atomic mass is 9.95. The number of rotatable bonds is 4. The molecule has 1 N–H and O–H groups in total. The molecule has 0 spiro atoms. The number of aromatic nitrogens is 1. The number of nitrogens with one attached hydrogen (secondary N) is 1. The van der Waals surface area contributed by atoms with Gasteiger partial charge in [-0.05, 0) is 48.9 Å². The summed E-state index contributed by atoms with van der Waals surface area (Å²) in [6.07, 6.45) is 0. The molecule has 1 aliphatic rings. The Labute approximate surface area is 191 Å². The average Bonchev–Trinajstić information content (AvgIpc) is 3.21. The van der Waals surface area contributed by atoms with Crippen molar-refractivity contribution in [2.24, 2.45) is 7.05 Å². The lowest BCUT2D eigenvalue weighted by Crippen LogP contribution is -2.36. The number of halogens is 1. The van der Waals surface area contributed by atoms with E-state index < -0.39 is 0 Å². The van der Waals surface area contributed by atoms with Gasteiger partial charge < -0.3 is 14.8 Å². The van der Waals surface area contributed by atoms with Crippen LogP contribution < -0.4 is 5.32 Å². The smallest absolute Gasteiger partial charge is 0.255 e. The quantitative estimate of drug-likeness (QED) is 0.464. The highest BCUT2D eigenvalue weighted by Gasteiger charge is 2.40. The summed E-state index contributed by atoms with van der Waals surface area (Å²) >= 11 is 5.94. The van der Waals surface area contributed by atoms with E-state index in [0.29, 0.717) is 16.3 Å². The number of nitrogens with zero attached hydrogens (tertiary/aromatic N) is 2. The Morgan fingerprint density at radius 2 is 1.69 bits per heavy atom. The summed E-state index contributed by atoms with van der Waals surface area (Å²) in [5, 5.41) is 4.56. The third-order valence-corrected chi connectivity index (χ3v) is 6.47. The Balaban J connectivity index is 1.56. The van der Waals surface area contributed by atoms with Crippen molar-refractivity contribution in [3.05, 3.63) is 100 Å². The fourth-order valence-corrected chi connectivity index (χ4v) is 4.75. The molecular weight excluding hydrogens is 422 g/mol. The van der Waals surface area contributed by atoms with E-state index in [9.17, 15) is 9.59 Å². The van der Waals surface area contributed by atoms with Crippen molar-refractivity contribution in [3.8, 4) is 0 Å².